The van der Waals surface area contributed by atoms with E-state index < -0.39 is 0 Å². The molecule has 0 unspecified atom stereocenters. The number of aliphatic hydroxyl groups is 1. The molecule has 32 heavy (non-hydrogen) atoms. The van der Waals surface area contributed by atoms with Crippen molar-refractivity contribution >= 4 is 27.8 Å². The summed E-state index contributed by atoms with van der Waals surface area (Å²) in [6.07, 6.45) is 3.62. The number of hydrogen-bond acceptors (Lipinski definition) is 6. The Kier molecular flexibility index (Phi) is 6.13. The SMILES string of the molecule is C[C@@H]1C[C@H](n2c(CC(=O)NCC(C)(C)CO)nc3cnc4ccc(C#N)cc4c32)CCO1. The van der Waals surface area contributed by atoms with Gasteiger partial charge in [-0.1, -0.05) is 13.8 Å². The summed E-state index contributed by atoms with van der Waals surface area (Å²) in [5.74, 6) is 0.535. The quantitative estimate of drug-likeness (QED) is 0.616. The average Bonchev–Trinajstić information content (AvgIpc) is 3.15. The first-order valence-corrected chi connectivity index (χ1v) is 11.0. The van der Waals surface area contributed by atoms with E-state index in [4.69, 9.17) is 9.72 Å². The maximum atomic E-state index is 12.8. The van der Waals surface area contributed by atoms with E-state index in [1.807, 2.05) is 26.0 Å². The van der Waals surface area contributed by atoms with Crippen LogP contribution in [0, 0.1) is 16.7 Å². The number of nitriles is 1. The summed E-state index contributed by atoms with van der Waals surface area (Å²) >= 11 is 0. The Balaban J connectivity index is 1.79. The first kappa shape index (κ1) is 22.2. The van der Waals surface area contributed by atoms with E-state index in [2.05, 4.69) is 27.9 Å². The van der Waals surface area contributed by atoms with Gasteiger partial charge in [-0.2, -0.15) is 5.26 Å². The second-order valence-electron chi connectivity index (χ2n) is 9.37. The Bertz CT molecular complexity index is 1190. The number of carbonyl (C=O) groups is 1. The number of aliphatic hydroxyl groups excluding tert-OH is 1. The van der Waals surface area contributed by atoms with Crippen molar-refractivity contribution in [1.29, 1.82) is 5.26 Å². The van der Waals surface area contributed by atoms with E-state index in [-0.39, 0.29) is 36.5 Å². The molecule has 1 aliphatic heterocycles. The standard InChI is InChI=1S/C24H29N5O3/c1-15-8-17(6-7-32-15)29-21(10-22(31)27-13-24(2,3)14-30)28-20-12-26-19-5-4-16(11-25)9-18(19)23(20)29/h4-5,9,12,15,17,30H,6-8,10,13-14H2,1-3H3,(H,27,31)/t15-,17-/m1/s1. The molecule has 0 radical (unpaired) electrons. The summed E-state index contributed by atoms with van der Waals surface area (Å²) in [5, 5.41) is 22.7. The monoisotopic (exact) mass is 435 g/mol. The zero-order valence-electron chi connectivity index (χ0n) is 18.8. The van der Waals surface area contributed by atoms with Crippen LogP contribution in [-0.2, 0) is 16.0 Å². The van der Waals surface area contributed by atoms with Crippen LogP contribution in [0.3, 0.4) is 0 Å². The smallest absolute Gasteiger partial charge is 0.227 e. The molecule has 0 spiro atoms. The third-order valence-electron chi connectivity index (χ3n) is 6.05. The molecule has 8 nitrogen and oxygen atoms in total. The Labute approximate surface area is 187 Å². The first-order chi connectivity index (χ1) is 15.3. The summed E-state index contributed by atoms with van der Waals surface area (Å²) in [7, 11) is 0. The predicted octanol–water partition coefficient (Wildman–Crippen LogP) is 2.87. The van der Waals surface area contributed by atoms with Crippen LogP contribution in [0.1, 0.15) is 51.0 Å². The Morgan fingerprint density at radius 3 is 2.94 bits per heavy atom. The van der Waals surface area contributed by atoms with Gasteiger partial charge in [0.2, 0.25) is 5.91 Å². The van der Waals surface area contributed by atoms with E-state index in [1.165, 1.54) is 0 Å². The van der Waals surface area contributed by atoms with Crippen molar-refractivity contribution in [2.75, 3.05) is 19.8 Å². The summed E-state index contributed by atoms with van der Waals surface area (Å²) < 4.78 is 7.92. The van der Waals surface area contributed by atoms with Gasteiger partial charge in [-0.15, -0.1) is 0 Å². The van der Waals surface area contributed by atoms with Gasteiger partial charge in [-0.3, -0.25) is 9.78 Å². The van der Waals surface area contributed by atoms with E-state index in [0.717, 1.165) is 29.3 Å². The number of ether oxygens (including phenoxy) is 1. The predicted molar refractivity (Wildman–Crippen MR) is 121 cm³/mol. The fourth-order valence-corrected chi connectivity index (χ4v) is 4.22. The Morgan fingerprint density at radius 1 is 1.41 bits per heavy atom. The molecule has 0 bridgehead atoms. The van der Waals surface area contributed by atoms with Crippen molar-refractivity contribution in [2.24, 2.45) is 5.41 Å². The van der Waals surface area contributed by atoms with Gasteiger partial charge in [0.15, 0.2) is 0 Å². The Hall–Kier alpha value is -3.02. The number of nitrogens with zero attached hydrogens (tertiary/aromatic N) is 4. The van der Waals surface area contributed by atoms with Crippen molar-refractivity contribution < 1.29 is 14.6 Å². The van der Waals surface area contributed by atoms with Gasteiger partial charge in [0.1, 0.15) is 11.3 Å². The lowest BCUT2D eigenvalue weighted by atomic mass is 9.95. The second kappa shape index (κ2) is 8.85. The van der Waals surface area contributed by atoms with Crippen LogP contribution in [0.25, 0.3) is 21.9 Å². The molecule has 1 fully saturated rings. The Morgan fingerprint density at radius 2 is 2.22 bits per heavy atom. The number of fused-ring (bicyclic) bond motifs is 3. The molecule has 1 aliphatic rings. The van der Waals surface area contributed by atoms with Crippen LogP contribution in [-0.4, -0.2) is 51.4 Å². The maximum absolute atomic E-state index is 12.8. The average molecular weight is 436 g/mol. The minimum absolute atomic E-state index is 0.00929. The van der Waals surface area contributed by atoms with Gasteiger partial charge < -0.3 is 19.7 Å². The number of rotatable bonds is 6. The summed E-state index contributed by atoms with van der Waals surface area (Å²) in [6, 6.07) is 7.79. The van der Waals surface area contributed by atoms with E-state index in [1.54, 1.807) is 12.3 Å². The molecule has 3 aromatic rings. The largest absolute Gasteiger partial charge is 0.396 e. The zero-order chi connectivity index (χ0) is 22.9. The van der Waals surface area contributed by atoms with Gasteiger partial charge in [-0.05, 0) is 38.0 Å². The number of nitrogens with one attached hydrogen (secondary N) is 1. The van der Waals surface area contributed by atoms with Crippen LogP contribution < -0.4 is 5.32 Å². The first-order valence-electron chi connectivity index (χ1n) is 11.0. The van der Waals surface area contributed by atoms with Gasteiger partial charge in [0.05, 0.1) is 41.4 Å². The van der Waals surface area contributed by atoms with Crippen LogP contribution in [0.4, 0.5) is 0 Å². The second-order valence-corrected chi connectivity index (χ2v) is 9.37. The van der Waals surface area contributed by atoms with Crippen LogP contribution in [0.5, 0.6) is 0 Å². The van der Waals surface area contributed by atoms with Crippen molar-refractivity contribution in [2.45, 2.75) is 52.2 Å². The number of aromatic nitrogens is 3. The molecule has 168 valence electrons. The van der Waals surface area contributed by atoms with Crippen molar-refractivity contribution in [3.8, 4) is 6.07 Å². The van der Waals surface area contributed by atoms with E-state index in [9.17, 15) is 15.2 Å². The minimum atomic E-state index is -0.389. The number of hydrogen-bond donors (Lipinski definition) is 2. The molecule has 1 saturated heterocycles. The number of amides is 1. The number of benzene rings is 1. The lowest BCUT2D eigenvalue weighted by molar-refractivity contribution is -0.121. The molecular formula is C24H29N5O3. The van der Waals surface area contributed by atoms with Crippen LogP contribution >= 0.6 is 0 Å². The third kappa shape index (κ3) is 4.45. The van der Waals surface area contributed by atoms with Gasteiger partial charge in [0.25, 0.3) is 0 Å². The molecule has 0 aliphatic carbocycles. The minimum Gasteiger partial charge on any atom is -0.396 e. The molecule has 2 aromatic heterocycles. The molecule has 1 amide bonds. The van der Waals surface area contributed by atoms with Gasteiger partial charge in [0, 0.05) is 36.6 Å². The van der Waals surface area contributed by atoms with Crippen LogP contribution in [0.15, 0.2) is 24.4 Å². The van der Waals surface area contributed by atoms with E-state index >= 15 is 0 Å². The molecule has 1 aromatic carbocycles. The van der Waals surface area contributed by atoms with Gasteiger partial charge >= 0.3 is 0 Å². The molecular weight excluding hydrogens is 406 g/mol. The third-order valence-corrected chi connectivity index (χ3v) is 6.05. The molecule has 4 rings (SSSR count). The summed E-state index contributed by atoms with van der Waals surface area (Å²) in [5.41, 5.74) is 2.58. The molecule has 2 N–H and O–H groups in total. The molecule has 2 atom stereocenters. The highest BCUT2D eigenvalue weighted by atomic mass is 16.5. The number of imidazole rings is 1. The van der Waals surface area contributed by atoms with Crippen LogP contribution in [0.2, 0.25) is 0 Å². The molecule has 0 saturated carbocycles. The fourth-order valence-electron chi connectivity index (χ4n) is 4.22. The lowest BCUT2D eigenvalue weighted by Gasteiger charge is -2.30. The zero-order valence-corrected chi connectivity index (χ0v) is 18.8. The molecule has 3 heterocycles. The van der Waals surface area contributed by atoms with Crippen molar-refractivity contribution in [3.63, 3.8) is 0 Å². The summed E-state index contributed by atoms with van der Waals surface area (Å²) in [6.45, 7) is 6.88. The highest BCUT2D eigenvalue weighted by Gasteiger charge is 2.27. The topological polar surface area (TPSA) is 113 Å². The van der Waals surface area contributed by atoms with Crippen molar-refractivity contribution in [1.82, 2.24) is 19.9 Å². The van der Waals surface area contributed by atoms with E-state index in [0.29, 0.717) is 30.1 Å². The summed E-state index contributed by atoms with van der Waals surface area (Å²) in [4.78, 5) is 22.1. The van der Waals surface area contributed by atoms with Gasteiger partial charge in [-0.25, -0.2) is 4.98 Å². The molecule has 8 heteroatoms. The number of pyridine rings is 1. The highest BCUT2D eigenvalue weighted by molar-refractivity contribution is 6.03. The normalized spacial score (nSPS) is 19.2. The van der Waals surface area contributed by atoms with Crippen molar-refractivity contribution in [3.05, 3.63) is 35.8 Å². The maximum Gasteiger partial charge on any atom is 0.227 e. The lowest BCUT2D eigenvalue weighted by Crippen LogP contribution is -2.37. The fraction of sp³-hybridized carbons (Fsp3) is 0.500. The highest BCUT2D eigenvalue weighted by Crippen LogP contribution is 2.34. The number of carbonyl (C=O) groups excluding carboxylic acids is 1.